The van der Waals surface area contributed by atoms with Crippen molar-refractivity contribution in [2.75, 3.05) is 0 Å². The van der Waals surface area contributed by atoms with Crippen LogP contribution < -0.4 is 0 Å². The largest absolute Gasteiger partial charge is 0.359 e. The number of H-pyrrole nitrogens is 1. The molecule has 0 spiro atoms. The summed E-state index contributed by atoms with van der Waals surface area (Å²) in [6.07, 6.45) is 1.90. The van der Waals surface area contributed by atoms with Gasteiger partial charge in [-0.3, -0.25) is 0 Å². The minimum atomic E-state index is 0.744. The minimum absolute atomic E-state index is 0.744. The summed E-state index contributed by atoms with van der Waals surface area (Å²) in [6.45, 7) is 0. The smallest absolute Gasteiger partial charge is 0.140 e. The summed E-state index contributed by atoms with van der Waals surface area (Å²) in [6, 6.07) is 11.7. The molecular weight excluding hydrogens is 252 g/mol. The molecule has 0 radical (unpaired) electrons. The second-order valence-electron chi connectivity index (χ2n) is 3.63. The van der Waals surface area contributed by atoms with Crippen molar-refractivity contribution < 1.29 is 0 Å². The summed E-state index contributed by atoms with van der Waals surface area (Å²) < 4.78 is 0. The molecule has 3 rings (SSSR count). The molecule has 4 heteroatoms. The third-order valence-corrected chi connectivity index (χ3v) is 3.60. The van der Waals surface area contributed by atoms with Crippen molar-refractivity contribution in [3.63, 3.8) is 0 Å². The van der Waals surface area contributed by atoms with E-state index in [0.717, 1.165) is 27.0 Å². The summed E-state index contributed by atoms with van der Waals surface area (Å²) in [5.41, 5.74) is 3.12. The molecule has 0 unspecified atom stereocenters. The highest BCUT2D eigenvalue weighted by atomic mass is 35.5. The molecule has 84 valence electrons. The third kappa shape index (κ3) is 2.12. The van der Waals surface area contributed by atoms with Gasteiger partial charge in [0.1, 0.15) is 5.01 Å². The van der Waals surface area contributed by atoms with Crippen molar-refractivity contribution in [2.45, 2.75) is 0 Å². The van der Waals surface area contributed by atoms with E-state index in [9.17, 15) is 0 Å². The van der Waals surface area contributed by atoms with Crippen LogP contribution in [0.3, 0.4) is 0 Å². The Kier molecular flexibility index (Phi) is 2.71. The topological polar surface area (TPSA) is 28.7 Å². The summed E-state index contributed by atoms with van der Waals surface area (Å²) in [4.78, 5) is 7.75. The zero-order chi connectivity index (χ0) is 11.7. The van der Waals surface area contributed by atoms with E-state index in [0.29, 0.717) is 0 Å². The molecule has 2 heterocycles. The van der Waals surface area contributed by atoms with Gasteiger partial charge in [-0.1, -0.05) is 23.7 Å². The van der Waals surface area contributed by atoms with Crippen LogP contribution in [0, 0.1) is 0 Å². The van der Waals surface area contributed by atoms with Gasteiger partial charge in [0.2, 0.25) is 0 Å². The molecule has 1 aromatic carbocycles. The SMILES string of the molecule is Clc1ccc(-c2csc(-c3ccc[nH]3)n2)cc1. The van der Waals surface area contributed by atoms with Gasteiger partial charge in [0.25, 0.3) is 0 Å². The van der Waals surface area contributed by atoms with Crippen molar-refractivity contribution in [3.05, 3.63) is 53.0 Å². The fourth-order valence-electron chi connectivity index (χ4n) is 1.61. The van der Waals surface area contributed by atoms with Gasteiger partial charge in [0.05, 0.1) is 11.4 Å². The van der Waals surface area contributed by atoms with Gasteiger partial charge in [-0.2, -0.15) is 0 Å². The lowest BCUT2D eigenvalue weighted by Crippen LogP contribution is -1.79. The number of nitrogens with one attached hydrogen (secondary N) is 1. The second-order valence-corrected chi connectivity index (χ2v) is 4.92. The third-order valence-electron chi connectivity index (χ3n) is 2.47. The number of thiazole rings is 1. The summed E-state index contributed by atoms with van der Waals surface area (Å²) in [5.74, 6) is 0. The lowest BCUT2D eigenvalue weighted by atomic mass is 10.2. The van der Waals surface area contributed by atoms with Gasteiger partial charge >= 0.3 is 0 Å². The molecule has 3 aromatic rings. The Bertz CT molecular complexity index is 611. The molecule has 0 amide bonds. The standard InChI is InChI=1S/C13H9ClN2S/c14-10-5-3-9(4-6-10)12-8-17-13(16-12)11-2-1-7-15-11/h1-8,15H. The van der Waals surface area contributed by atoms with E-state index >= 15 is 0 Å². The van der Waals surface area contributed by atoms with Crippen molar-refractivity contribution in [3.8, 4) is 22.0 Å². The van der Waals surface area contributed by atoms with Crippen molar-refractivity contribution in [1.82, 2.24) is 9.97 Å². The molecule has 2 nitrogen and oxygen atoms in total. The molecule has 0 atom stereocenters. The molecule has 0 aliphatic carbocycles. The van der Waals surface area contributed by atoms with Crippen LogP contribution in [0.1, 0.15) is 0 Å². The second kappa shape index (κ2) is 4.35. The summed E-state index contributed by atoms with van der Waals surface area (Å²) in [5, 5.41) is 3.80. The first-order valence-electron chi connectivity index (χ1n) is 5.18. The first kappa shape index (κ1) is 10.6. The van der Waals surface area contributed by atoms with Crippen LogP contribution >= 0.6 is 22.9 Å². The molecule has 0 fully saturated rings. The first-order valence-corrected chi connectivity index (χ1v) is 6.44. The van der Waals surface area contributed by atoms with Crippen molar-refractivity contribution >= 4 is 22.9 Å². The Balaban J connectivity index is 1.98. The predicted octanol–water partition coefficient (Wildman–Crippen LogP) is 4.46. The Hall–Kier alpha value is -1.58. The van der Waals surface area contributed by atoms with Crippen LogP contribution in [-0.2, 0) is 0 Å². The molecule has 0 saturated heterocycles. The number of rotatable bonds is 2. The molecule has 0 saturated carbocycles. The van der Waals surface area contributed by atoms with Crippen LogP contribution in [-0.4, -0.2) is 9.97 Å². The van der Waals surface area contributed by atoms with Gasteiger partial charge in [-0.15, -0.1) is 11.3 Å². The van der Waals surface area contributed by atoms with E-state index in [1.165, 1.54) is 0 Å². The van der Waals surface area contributed by atoms with Gasteiger partial charge in [-0.25, -0.2) is 4.98 Å². The normalized spacial score (nSPS) is 10.6. The van der Waals surface area contributed by atoms with E-state index in [4.69, 9.17) is 11.6 Å². The number of aromatic amines is 1. The van der Waals surface area contributed by atoms with E-state index in [1.807, 2.05) is 42.6 Å². The highest BCUT2D eigenvalue weighted by Crippen LogP contribution is 2.28. The lowest BCUT2D eigenvalue weighted by molar-refractivity contribution is 1.34. The maximum absolute atomic E-state index is 5.86. The molecular formula is C13H9ClN2S. The predicted molar refractivity (Wildman–Crippen MR) is 72.3 cm³/mol. The van der Waals surface area contributed by atoms with Crippen molar-refractivity contribution in [1.29, 1.82) is 0 Å². The van der Waals surface area contributed by atoms with Crippen LogP contribution in [0.5, 0.6) is 0 Å². The fourth-order valence-corrected chi connectivity index (χ4v) is 2.56. The molecule has 1 N–H and O–H groups in total. The van der Waals surface area contributed by atoms with Gasteiger partial charge in [-0.05, 0) is 24.3 Å². The van der Waals surface area contributed by atoms with E-state index in [2.05, 4.69) is 15.3 Å². The molecule has 0 aliphatic heterocycles. The Morgan fingerprint density at radius 2 is 1.94 bits per heavy atom. The highest BCUT2D eigenvalue weighted by Gasteiger charge is 2.06. The maximum atomic E-state index is 5.86. The molecule has 17 heavy (non-hydrogen) atoms. The van der Waals surface area contributed by atoms with E-state index in [-0.39, 0.29) is 0 Å². The summed E-state index contributed by atoms with van der Waals surface area (Å²) in [7, 11) is 0. The number of nitrogens with zero attached hydrogens (tertiary/aromatic N) is 1. The molecule has 2 aromatic heterocycles. The maximum Gasteiger partial charge on any atom is 0.140 e. The van der Waals surface area contributed by atoms with Gasteiger partial charge in [0, 0.05) is 22.2 Å². The van der Waals surface area contributed by atoms with Crippen molar-refractivity contribution in [2.24, 2.45) is 0 Å². The van der Waals surface area contributed by atoms with Crippen LogP contribution in [0.4, 0.5) is 0 Å². The lowest BCUT2D eigenvalue weighted by Gasteiger charge is -1.96. The Morgan fingerprint density at radius 3 is 2.65 bits per heavy atom. The van der Waals surface area contributed by atoms with E-state index < -0.39 is 0 Å². The Labute approximate surface area is 108 Å². The van der Waals surface area contributed by atoms with Crippen LogP contribution in [0.15, 0.2) is 48.0 Å². The monoisotopic (exact) mass is 260 g/mol. The Morgan fingerprint density at radius 1 is 1.12 bits per heavy atom. The zero-order valence-corrected chi connectivity index (χ0v) is 10.4. The first-order chi connectivity index (χ1) is 8.33. The number of aromatic nitrogens is 2. The average molecular weight is 261 g/mol. The van der Waals surface area contributed by atoms with Gasteiger partial charge in [0.15, 0.2) is 0 Å². The number of hydrogen-bond donors (Lipinski definition) is 1. The number of benzene rings is 1. The molecule has 0 bridgehead atoms. The quantitative estimate of drug-likeness (QED) is 0.724. The number of hydrogen-bond acceptors (Lipinski definition) is 2. The average Bonchev–Trinajstić information content (AvgIpc) is 3.00. The highest BCUT2D eigenvalue weighted by molar-refractivity contribution is 7.13. The molecule has 0 aliphatic rings. The van der Waals surface area contributed by atoms with Crippen LogP contribution in [0.2, 0.25) is 5.02 Å². The van der Waals surface area contributed by atoms with E-state index in [1.54, 1.807) is 11.3 Å². The van der Waals surface area contributed by atoms with Crippen LogP contribution in [0.25, 0.3) is 22.0 Å². The zero-order valence-electron chi connectivity index (χ0n) is 8.85. The number of halogens is 1. The fraction of sp³-hybridized carbons (Fsp3) is 0. The van der Waals surface area contributed by atoms with Gasteiger partial charge < -0.3 is 4.98 Å². The summed E-state index contributed by atoms with van der Waals surface area (Å²) >= 11 is 7.49. The minimum Gasteiger partial charge on any atom is -0.359 e.